The van der Waals surface area contributed by atoms with Crippen LogP contribution in [0.2, 0.25) is 5.02 Å². The first kappa shape index (κ1) is 17.5. The number of carbonyl (C=O) groups excluding carboxylic acids is 1. The first-order valence-electron chi connectivity index (χ1n) is 6.07. The van der Waals surface area contributed by atoms with Crippen LogP contribution in [0.25, 0.3) is 0 Å². The second-order valence-electron chi connectivity index (χ2n) is 4.80. The average molecular weight is 334 g/mol. The van der Waals surface area contributed by atoms with Crippen molar-refractivity contribution < 1.29 is 23.1 Å². The number of nitrogens with zero attached hydrogens (tertiary/aromatic N) is 1. The molecule has 1 N–H and O–H groups in total. The fraction of sp³-hybridized carbons (Fsp3) is 0.385. The molecule has 0 aliphatic rings. The Hall–Kier alpha value is -1.60. The molecule has 0 atom stereocenters. The lowest BCUT2D eigenvalue weighted by Gasteiger charge is -2.21. The van der Waals surface area contributed by atoms with Crippen molar-refractivity contribution in [3.8, 4) is 0 Å². The molecule has 1 amide bonds. The van der Waals surface area contributed by atoms with E-state index in [9.17, 15) is 18.0 Å². The number of amides is 1. The SMILES string of the molecule is CC(C)N(C)C(=O)CS(=O)(=O)c1ccc(C(=O)O)c(Cl)c1. The topological polar surface area (TPSA) is 91.8 Å². The van der Waals surface area contributed by atoms with E-state index < -0.39 is 27.5 Å². The summed E-state index contributed by atoms with van der Waals surface area (Å²) in [6.45, 7) is 3.53. The van der Waals surface area contributed by atoms with E-state index in [1.54, 1.807) is 13.8 Å². The molecule has 8 heteroatoms. The Labute approximate surface area is 128 Å². The maximum atomic E-state index is 12.1. The summed E-state index contributed by atoms with van der Waals surface area (Å²) < 4.78 is 24.3. The van der Waals surface area contributed by atoms with Gasteiger partial charge in [0.25, 0.3) is 0 Å². The monoisotopic (exact) mass is 333 g/mol. The molecule has 1 aromatic rings. The van der Waals surface area contributed by atoms with E-state index >= 15 is 0 Å². The van der Waals surface area contributed by atoms with Crippen LogP contribution in [0.5, 0.6) is 0 Å². The highest BCUT2D eigenvalue weighted by Gasteiger charge is 2.24. The number of sulfone groups is 1. The Balaban J connectivity index is 3.07. The van der Waals surface area contributed by atoms with E-state index in [4.69, 9.17) is 16.7 Å². The standard InChI is InChI=1S/C13H16ClNO5S/c1-8(2)15(3)12(16)7-21(19,20)9-4-5-10(13(17)18)11(14)6-9/h4-6,8H,7H2,1-3H3,(H,17,18). The molecule has 0 bridgehead atoms. The van der Waals surface area contributed by atoms with Crippen molar-refractivity contribution in [2.75, 3.05) is 12.8 Å². The second-order valence-corrected chi connectivity index (χ2v) is 7.20. The number of hydrogen-bond acceptors (Lipinski definition) is 4. The van der Waals surface area contributed by atoms with Gasteiger partial charge in [0, 0.05) is 13.1 Å². The highest BCUT2D eigenvalue weighted by molar-refractivity contribution is 7.92. The van der Waals surface area contributed by atoms with Crippen LogP contribution < -0.4 is 0 Å². The molecule has 0 fully saturated rings. The maximum absolute atomic E-state index is 12.1. The van der Waals surface area contributed by atoms with Crippen molar-refractivity contribution in [1.29, 1.82) is 0 Å². The predicted octanol–water partition coefficient (Wildman–Crippen LogP) is 1.68. The number of carboxylic acid groups (broad SMARTS) is 1. The van der Waals surface area contributed by atoms with E-state index in [0.717, 1.165) is 18.2 Å². The summed E-state index contributed by atoms with van der Waals surface area (Å²) in [4.78, 5) is 23.8. The number of carboxylic acids is 1. The zero-order valence-electron chi connectivity index (χ0n) is 11.8. The zero-order valence-corrected chi connectivity index (χ0v) is 13.4. The van der Waals surface area contributed by atoms with Gasteiger partial charge in [-0.2, -0.15) is 0 Å². The van der Waals surface area contributed by atoms with Gasteiger partial charge in [0.2, 0.25) is 5.91 Å². The molecule has 0 unspecified atom stereocenters. The number of carbonyl (C=O) groups is 2. The summed E-state index contributed by atoms with van der Waals surface area (Å²) in [5.74, 6) is -2.48. The minimum absolute atomic E-state index is 0.120. The van der Waals surface area contributed by atoms with Crippen LogP contribution in [-0.2, 0) is 14.6 Å². The van der Waals surface area contributed by atoms with Gasteiger partial charge in [-0.25, -0.2) is 13.2 Å². The highest BCUT2D eigenvalue weighted by atomic mass is 35.5. The molecular formula is C13H16ClNO5S. The van der Waals surface area contributed by atoms with Crippen LogP contribution in [0.4, 0.5) is 0 Å². The van der Waals surface area contributed by atoms with Gasteiger partial charge in [-0.15, -0.1) is 0 Å². The summed E-state index contributed by atoms with van der Waals surface area (Å²) in [5.41, 5.74) is -0.193. The third-order valence-electron chi connectivity index (χ3n) is 3.01. The minimum atomic E-state index is -3.87. The molecule has 0 saturated carbocycles. The molecule has 6 nitrogen and oxygen atoms in total. The number of aromatic carboxylic acids is 1. The number of halogens is 1. The lowest BCUT2D eigenvalue weighted by Crippen LogP contribution is -2.37. The average Bonchev–Trinajstić information content (AvgIpc) is 2.36. The molecule has 0 aromatic heterocycles. The third-order valence-corrected chi connectivity index (χ3v) is 4.92. The normalized spacial score (nSPS) is 11.5. The van der Waals surface area contributed by atoms with Gasteiger partial charge in [0.05, 0.1) is 15.5 Å². The third kappa shape index (κ3) is 4.18. The molecule has 0 spiro atoms. The lowest BCUT2D eigenvalue weighted by molar-refractivity contribution is -0.128. The molecule has 1 aromatic carbocycles. The molecule has 0 radical (unpaired) electrons. The summed E-state index contributed by atoms with van der Waals surface area (Å²) in [7, 11) is -2.35. The van der Waals surface area contributed by atoms with Crippen molar-refractivity contribution in [3.05, 3.63) is 28.8 Å². The molecule has 0 aliphatic carbocycles. The predicted molar refractivity (Wildman–Crippen MR) is 78.4 cm³/mol. The molecule has 21 heavy (non-hydrogen) atoms. The molecular weight excluding hydrogens is 318 g/mol. The van der Waals surface area contributed by atoms with Gasteiger partial charge in [0.15, 0.2) is 9.84 Å². The van der Waals surface area contributed by atoms with E-state index in [2.05, 4.69) is 0 Å². The summed E-state index contributed by atoms with van der Waals surface area (Å²) in [6, 6.07) is 3.16. The van der Waals surface area contributed by atoms with Crippen LogP contribution in [-0.4, -0.2) is 49.1 Å². The molecule has 116 valence electrons. The van der Waals surface area contributed by atoms with Gasteiger partial charge < -0.3 is 10.0 Å². The highest BCUT2D eigenvalue weighted by Crippen LogP contribution is 2.22. The van der Waals surface area contributed by atoms with Crippen molar-refractivity contribution in [1.82, 2.24) is 4.90 Å². The maximum Gasteiger partial charge on any atom is 0.337 e. The van der Waals surface area contributed by atoms with Crippen molar-refractivity contribution in [3.63, 3.8) is 0 Å². The minimum Gasteiger partial charge on any atom is -0.478 e. The van der Waals surface area contributed by atoms with Gasteiger partial charge in [-0.1, -0.05) is 11.6 Å². The van der Waals surface area contributed by atoms with E-state index in [1.165, 1.54) is 11.9 Å². The van der Waals surface area contributed by atoms with Gasteiger partial charge >= 0.3 is 5.97 Å². The van der Waals surface area contributed by atoms with Crippen molar-refractivity contribution in [2.24, 2.45) is 0 Å². The number of rotatable bonds is 5. The van der Waals surface area contributed by atoms with Crippen LogP contribution in [0.15, 0.2) is 23.1 Å². The van der Waals surface area contributed by atoms with Crippen LogP contribution in [0.3, 0.4) is 0 Å². The second kappa shape index (κ2) is 6.44. The van der Waals surface area contributed by atoms with Crippen LogP contribution in [0.1, 0.15) is 24.2 Å². The van der Waals surface area contributed by atoms with E-state index in [-0.39, 0.29) is 21.5 Å². The summed E-state index contributed by atoms with van der Waals surface area (Å²) in [6.07, 6.45) is 0. The summed E-state index contributed by atoms with van der Waals surface area (Å²) >= 11 is 5.74. The fourth-order valence-corrected chi connectivity index (χ4v) is 3.09. The van der Waals surface area contributed by atoms with E-state index in [1.807, 2.05) is 0 Å². The summed E-state index contributed by atoms with van der Waals surface area (Å²) in [5, 5.41) is 8.66. The Kier molecular flexibility index (Phi) is 5.36. The van der Waals surface area contributed by atoms with Crippen LogP contribution >= 0.6 is 11.6 Å². The molecule has 0 aliphatic heterocycles. The first-order chi connectivity index (χ1) is 9.56. The Bertz CT molecular complexity index is 669. The van der Waals surface area contributed by atoms with Crippen molar-refractivity contribution >= 4 is 33.3 Å². The Morgan fingerprint density at radius 3 is 2.33 bits per heavy atom. The quantitative estimate of drug-likeness (QED) is 0.885. The first-order valence-corrected chi connectivity index (χ1v) is 8.10. The molecule has 1 rings (SSSR count). The van der Waals surface area contributed by atoms with E-state index in [0.29, 0.717) is 0 Å². The number of benzene rings is 1. The Morgan fingerprint density at radius 1 is 1.33 bits per heavy atom. The van der Waals surface area contributed by atoms with Gasteiger partial charge in [0.1, 0.15) is 5.75 Å². The molecule has 0 saturated heterocycles. The largest absolute Gasteiger partial charge is 0.478 e. The van der Waals surface area contributed by atoms with Gasteiger partial charge in [-0.3, -0.25) is 4.79 Å². The zero-order chi connectivity index (χ0) is 16.4. The number of hydrogen-bond donors (Lipinski definition) is 1. The lowest BCUT2D eigenvalue weighted by atomic mass is 10.2. The van der Waals surface area contributed by atoms with Crippen LogP contribution in [0, 0.1) is 0 Å². The fourth-order valence-electron chi connectivity index (χ4n) is 1.50. The Morgan fingerprint density at radius 2 is 1.90 bits per heavy atom. The molecule has 0 heterocycles. The smallest absolute Gasteiger partial charge is 0.337 e. The van der Waals surface area contributed by atoms with Crippen molar-refractivity contribution in [2.45, 2.75) is 24.8 Å². The van der Waals surface area contributed by atoms with Gasteiger partial charge in [-0.05, 0) is 32.0 Å².